The van der Waals surface area contributed by atoms with E-state index in [0.717, 1.165) is 31.0 Å². The molecular formula is C19H30N4O. The van der Waals surface area contributed by atoms with Crippen LogP contribution in [0.3, 0.4) is 0 Å². The van der Waals surface area contributed by atoms with E-state index in [1.165, 1.54) is 25.7 Å². The van der Waals surface area contributed by atoms with Crippen LogP contribution >= 0.6 is 0 Å². The van der Waals surface area contributed by atoms with Crippen LogP contribution in [0.4, 0.5) is 0 Å². The first kappa shape index (κ1) is 17.3. The maximum Gasteiger partial charge on any atom is 0.223 e. The van der Waals surface area contributed by atoms with Gasteiger partial charge in [-0.1, -0.05) is 26.7 Å². The maximum absolute atomic E-state index is 12.3. The standard InChI is InChI=1S/C19H30N4O/c1-14(2)19-20-9-16(10-21-19)12-22(3)11-15-8-18(24)23(13-15)17-6-4-5-7-17/h9-10,14-15,17H,4-8,11-13H2,1-3H3/t15-/m0/s1. The van der Waals surface area contributed by atoms with Gasteiger partial charge in [0.1, 0.15) is 5.82 Å². The highest BCUT2D eigenvalue weighted by molar-refractivity contribution is 5.79. The van der Waals surface area contributed by atoms with Crippen molar-refractivity contribution >= 4 is 5.91 Å². The van der Waals surface area contributed by atoms with Crippen LogP contribution in [0.5, 0.6) is 0 Å². The van der Waals surface area contributed by atoms with Gasteiger partial charge in [0, 0.05) is 56.0 Å². The number of amides is 1. The Balaban J connectivity index is 1.49. The van der Waals surface area contributed by atoms with Gasteiger partial charge in [-0.15, -0.1) is 0 Å². The summed E-state index contributed by atoms with van der Waals surface area (Å²) in [5, 5.41) is 0. The summed E-state index contributed by atoms with van der Waals surface area (Å²) in [4.78, 5) is 25.6. The van der Waals surface area contributed by atoms with Gasteiger partial charge in [0.2, 0.25) is 5.91 Å². The van der Waals surface area contributed by atoms with E-state index in [0.29, 0.717) is 30.2 Å². The predicted octanol–water partition coefficient (Wildman–Crippen LogP) is 2.82. The van der Waals surface area contributed by atoms with Crippen molar-refractivity contribution < 1.29 is 4.79 Å². The number of hydrogen-bond donors (Lipinski definition) is 0. The van der Waals surface area contributed by atoms with E-state index in [4.69, 9.17) is 0 Å². The van der Waals surface area contributed by atoms with Crippen LogP contribution in [0.15, 0.2) is 12.4 Å². The molecule has 0 spiro atoms. The molecule has 0 N–H and O–H groups in total. The van der Waals surface area contributed by atoms with Gasteiger partial charge in [-0.2, -0.15) is 0 Å². The van der Waals surface area contributed by atoms with Crippen molar-refractivity contribution in [3.63, 3.8) is 0 Å². The van der Waals surface area contributed by atoms with Crippen molar-refractivity contribution in [2.75, 3.05) is 20.1 Å². The van der Waals surface area contributed by atoms with E-state index in [9.17, 15) is 4.79 Å². The molecule has 1 amide bonds. The molecule has 1 aliphatic heterocycles. The molecule has 5 heteroatoms. The minimum atomic E-state index is 0.364. The summed E-state index contributed by atoms with van der Waals surface area (Å²) in [7, 11) is 2.12. The highest BCUT2D eigenvalue weighted by Crippen LogP contribution is 2.29. The van der Waals surface area contributed by atoms with Gasteiger partial charge in [-0.05, 0) is 25.8 Å². The number of hydrogen-bond acceptors (Lipinski definition) is 4. The lowest BCUT2D eigenvalue weighted by molar-refractivity contribution is -0.129. The lowest BCUT2D eigenvalue weighted by atomic mass is 10.1. The highest BCUT2D eigenvalue weighted by Gasteiger charge is 2.35. The van der Waals surface area contributed by atoms with Crippen LogP contribution in [0.25, 0.3) is 0 Å². The Labute approximate surface area is 145 Å². The Hall–Kier alpha value is -1.49. The first-order valence-electron chi connectivity index (χ1n) is 9.31. The van der Waals surface area contributed by atoms with Crippen molar-refractivity contribution in [3.8, 4) is 0 Å². The van der Waals surface area contributed by atoms with E-state index in [1.54, 1.807) is 0 Å². The largest absolute Gasteiger partial charge is 0.339 e. The zero-order valence-corrected chi connectivity index (χ0v) is 15.2. The van der Waals surface area contributed by atoms with Gasteiger partial charge in [-0.3, -0.25) is 4.79 Å². The molecule has 24 heavy (non-hydrogen) atoms. The molecule has 2 aliphatic rings. The second kappa shape index (κ2) is 7.60. The predicted molar refractivity (Wildman–Crippen MR) is 94.5 cm³/mol. The fraction of sp³-hybridized carbons (Fsp3) is 0.737. The molecule has 1 saturated heterocycles. The second-order valence-corrected chi connectivity index (χ2v) is 7.86. The van der Waals surface area contributed by atoms with Gasteiger partial charge < -0.3 is 9.80 Å². The zero-order chi connectivity index (χ0) is 17.1. The van der Waals surface area contributed by atoms with Crippen molar-refractivity contribution in [2.45, 2.75) is 64.5 Å². The van der Waals surface area contributed by atoms with Crippen molar-refractivity contribution in [1.82, 2.24) is 19.8 Å². The van der Waals surface area contributed by atoms with E-state index in [-0.39, 0.29) is 0 Å². The van der Waals surface area contributed by atoms with Crippen LogP contribution in [0.1, 0.15) is 63.3 Å². The number of nitrogens with zero attached hydrogens (tertiary/aromatic N) is 4. The molecule has 1 aliphatic carbocycles. The van der Waals surface area contributed by atoms with Gasteiger partial charge in [-0.25, -0.2) is 9.97 Å². The summed E-state index contributed by atoms with van der Waals surface area (Å²) >= 11 is 0. The van der Waals surface area contributed by atoms with E-state index in [2.05, 4.69) is 40.7 Å². The minimum absolute atomic E-state index is 0.364. The number of likely N-dealkylation sites (tertiary alicyclic amines) is 1. The van der Waals surface area contributed by atoms with Crippen molar-refractivity contribution in [2.24, 2.45) is 5.92 Å². The second-order valence-electron chi connectivity index (χ2n) is 7.86. The maximum atomic E-state index is 12.3. The van der Waals surface area contributed by atoms with Gasteiger partial charge in [0.05, 0.1) is 0 Å². The van der Waals surface area contributed by atoms with E-state index in [1.807, 2.05) is 12.4 Å². The van der Waals surface area contributed by atoms with Gasteiger partial charge >= 0.3 is 0 Å². The summed E-state index contributed by atoms with van der Waals surface area (Å²) < 4.78 is 0. The van der Waals surface area contributed by atoms with Crippen LogP contribution in [-0.2, 0) is 11.3 Å². The Morgan fingerprint density at radius 2 is 1.92 bits per heavy atom. The van der Waals surface area contributed by atoms with Gasteiger partial charge in [0.25, 0.3) is 0 Å². The summed E-state index contributed by atoms with van der Waals surface area (Å²) in [6, 6.07) is 0.518. The molecule has 0 unspecified atom stereocenters. The smallest absolute Gasteiger partial charge is 0.223 e. The summed E-state index contributed by atoms with van der Waals surface area (Å²) in [5.74, 6) is 2.08. The molecule has 5 nitrogen and oxygen atoms in total. The molecule has 0 radical (unpaired) electrons. The average Bonchev–Trinajstić information content (AvgIpc) is 3.17. The lowest BCUT2D eigenvalue weighted by Gasteiger charge is -2.25. The molecule has 0 bridgehead atoms. The van der Waals surface area contributed by atoms with Crippen LogP contribution in [0.2, 0.25) is 0 Å². The Kier molecular flexibility index (Phi) is 5.49. The molecule has 1 atom stereocenters. The molecule has 1 saturated carbocycles. The quantitative estimate of drug-likeness (QED) is 0.805. The van der Waals surface area contributed by atoms with Gasteiger partial charge in [0.15, 0.2) is 0 Å². The fourth-order valence-corrected chi connectivity index (χ4v) is 4.06. The van der Waals surface area contributed by atoms with E-state index < -0.39 is 0 Å². The third-order valence-electron chi connectivity index (χ3n) is 5.27. The topological polar surface area (TPSA) is 49.3 Å². The lowest BCUT2D eigenvalue weighted by Crippen LogP contribution is -2.35. The van der Waals surface area contributed by atoms with Crippen molar-refractivity contribution in [3.05, 3.63) is 23.8 Å². The molecule has 0 aromatic carbocycles. The fourth-order valence-electron chi connectivity index (χ4n) is 4.06. The van der Waals surface area contributed by atoms with E-state index >= 15 is 0 Å². The molecule has 132 valence electrons. The molecule has 1 aromatic heterocycles. The number of carbonyl (C=O) groups excluding carboxylic acids is 1. The SMILES string of the molecule is CC(C)c1ncc(CN(C)C[C@@H]2CC(=O)N(C3CCCC3)C2)cn1. The number of rotatable bonds is 6. The average molecular weight is 330 g/mol. The number of aromatic nitrogens is 2. The Bertz CT molecular complexity index is 551. The molecule has 2 fully saturated rings. The third kappa shape index (κ3) is 4.12. The summed E-state index contributed by atoms with van der Waals surface area (Å²) in [6.45, 7) is 6.95. The molecular weight excluding hydrogens is 300 g/mol. The molecule has 3 rings (SSSR count). The summed E-state index contributed by atoms with van der Waals surface area (Å²) in [6.07, 6.45) is 9.55. The highest BCUT2D eigenvalue weighted by atomic mass is 16.2. The van der Waals surface area contributed by atoms with Crippen molar-refractivity contribution in [1.29, 1.82) is 0 Å². The normalized spacial score (nSPS) is 22.3. The summed E-state index contributed by atoms with van der Waals surface area (Å²) in [5.41, 5.74) is 1.14. The van der Waals surface area contributed by atoms with Crippen LogP contribution < -0.4 is 0 Å². The van der Waals surface area contributed by atoms with Crippen LogP contribution in [0, 0.1) is 5.92 Å². The minimum Gasteiger partial charge on any atom is -0.339 e. The van der Waals surface area contributed by atoms with Crippen LogP contribution in [-0.4, -0.2) is 51.9 Å². The zero-order valence-electron chi connectivity index (χ0n) is 15.2. The monoisotopic (exact) mass is 330 g/mol. The first-order chi connectivity index (χ1) is 11.5. The molecule has 1 aromatic rings. The first-order valence-corrected chi connectivity index (χ1v) is 9.31. The molecule has 2 heterocycles. The number of carbonyl (C=O) groups is 1. The Morgan fingerprint density at radius 3 is 2.54 bits per heavy atom. The third-order valence-corrected chi connectivity index (χ3v) is 5.27. The Morgan fingerprint density at radius 1 is 1.25 bits per heavy atom.